The summed E-state index contributed by atoms with van der Waals surface area (Å²) in [6.45, 7) is 1.82. The van der Waals surface area contributed by atoms with Gasteiger partial charge in [0.1, 0.15) is 10.7 Å². The van der Waals surface area contributed by atoms with Crippen molar-refractivity contribution in [1.29, 1.82) is 0 Å². The molecular weight excluding hydrogens is 586 g/mol. The highest BCUT2D eigenvalue weighted by atomic mass is 79.9. The van der Waals surface area contributed by atoms with Crippen LogP contribution in [0.25, 0.3) is 6.08 Å². The second kappa shape index (κ2) is 13.1. The Hall–Kier alpha value is -3.80. The highest BCUT2D eigenvalue weighted by Gasteiger charge is 2.15. The second-order valence-electron chi connectivity index (χ2n) is 7.87. The van der Waals surface area contributed by atoms with Gasteiger partial charge in [-0.05, 0) is 67.1 Å². The van der Waals surface area contributed by atoms with E-state index < -0.39 is 11.8 Å². The molecule has 0 fully saturated rings. The summed E-state index contributed by atoms with van der Waals surface area (Å²) in [6.07, 6.45) is 1.61. The number of hydrogen-bond donors (Lipinski definition) is 3. The number of halogens is 1. The molecular formula is C27H22BrN5O3S2. The number of anilines is 2. The van der Waals surface area contributed by atoms with E-state index in [9.17, 15) is 14.4 Å². The monoisotopic (exact) mass is 607 g/mol. The van der Waals surface area contributed by atoms with Gasteiger partial charge in [-0.25, -0.2) is 0 Å². The summed E-state index contributed by atoms with van der Waals surface area (Å²) in [5, 5.41) is 17.3. The number of nitrogens with zero attached hydrogens (tertiary/aromatic N) is 2. The third-order valence-corrected chi connectivity index (χ3v) is 7.20. The molecule has 0 aliphatic carbocycles. The van der Waals surface area contributed by atoms with Crippen molar-refractivity contribution in [1.82, 2.24) is 15.5 Å². The normalized spacial score (nSPS) is 11.1. The lowest BCUT2D eigenvalue weighted by molar-refractivity contribution is -0.114. The van der Waals surface area contributed by atoms with E-state index in [4.69, 9.17) is 0 Å². The maximum Gasteiger partial charge on any atom is 0.272 e. The van der Waals surface area contributed by atoms with Crippen LogP contribution in [0.15, 0.2) is 93.9 Å². The van der Waals surface area contributed by atoms with Crippen LogP contribution in [-0.4, -0.2) is 33.7 Å². The predicted octanol–water partition coefficient (Wildman–Crippen LogP) is 5.75. The van der Waals surface area contributed by atoms with Crippen LogP contribution in [0.4, 0.5) is 10.8 Å². The molecule has 0 saturated carbocycles. The van der Waals surface area contributed by atoms with Crippen LogP contribution in [0.3, 0.4) is 0 Å². The molecule has 1 aromatic heterocycles. The molecule has 0 atom stereocenters. The van der Waals surface area contributed by atoms with Gasteiger partial charge in [0.15, 0.2) is 0 Å². The topological polar surface area (TPSA) is 113 Å². The van der Waals surface area contributed by atoms with Crippen molar-refractivity contribution in [3.63, 3.8) is 0 Å². The fourth-order valence-corrected chi connectivity index (χ4v) is 4.91. The molecule has 0 saturated heterocycles. The fraction of sp³-hybridized carbons (Fsp3) is 0.0741. The summed E-state index contributed by atoms with van der Waals surface area (Å²) in [4.78, 5) is 38.9. The molecule has 1 heterocycles. The Morgan fingerprint density at radius 3 is 2.39 bits per heavy atom. The Morgan fingerprint density at radius 1 is 0.947 bits per heavy atom. The molecule has 38 heavy (non-hydrogen) atoms. The molecule has 11 heteroatoms. The van der Waals surface area contributed by atoms with Crippen molar-refractivity contribution < 1.29 is 14.4 Å². The first-order chi connectivity index (χ1) is 18.4. The van der Waals surface area contributed by atoms with Gasteiger partial charge in [0.05, 0.1) is 5.75 Å². The van der Waals surface area contributed by atoms with Crippen molar-refractivity contribution in [2.75, 3.05) is 16.4 Å². The number of hydrogen-bond acceptors (Lipinski definition) is 7. The number of aromatic nitrogens is 2. The van der Waals surface area contributed by atoms with E-state index in [-0.39, 0.29) is 17.4 Å². The van der Waals surface area contributed by atoms with Crippen LogP contribution in [-0.2, 0) is 9.59 Å². The van der Waals surface area contributed by atoms with Gasteiger partial charge >= 0.3 is 0 Å². The first-order valence-corrected chi connectivity index (χ1v) is 13.9. The lowest BCUT2D eigenvalue weighted by Crippen LogP contribution is -2.30. The average Bonchev–Trinajstić information content (AvgIpc) is 3.32. The minimum absolute atomic E-state index is 0.0963. The van der Waals surface area contributed by atoms with Gasteiger partial charge in [-0.3, -0.25) is 19.7 Å². The SMILES string of the molecule is Cc1nnc(NC(=O)CSc2ccc(NC(=O)/C(=C/c3cccc(Br)c3)NC(=O)c3ccccc3)cc2)s1. The van der Waals surface area contributed by atoms with Crippen molar-refractivity contribution in [3.05, 3.63) is 105 Å². The summed E-state index contributed by atoms with van der Waals surface area (Å²) in [5.41, 5.74) is 1.82. The largest absolute Gasteiger partial charge is 0.321 e. The Kier molecular flexibility index (Phi) is 9.41. The number of benzene rings is 3. The number of thioether (sulfide) groups is 1. The molecule has 3 N–H and O–H groups in total. The highest BCUT2D eigenvalue weighted by Crippen LogP contribution is 2.22. The number of rotatable bonds is 9. The molecule has 3 amide bonds. The van der Waals surface area contributed by atoms with E-state index in [1.807, 2.05) is 49.4 Å². The zero-order chi connectivity index (χ0) is 26.9. The minimum Gasteiger partial charge on any atom is -0.321 e. The van der Waals surface area contributed by atoms with Gasteiger partial charge in [-0.15, -0.1) is 22.0 Å². The molecule has 0 spiro atoms. The van der Waals surface area contributed by atoms with Crippen molar-refractivity contribution >= 4 is 73.6 Å². The predicted molar refractivity (Wildman–Crippen MR) is 155 cm³/mol. The van der Waals surface area contributed by atoms with E-state index >= 15 is 0 Å². The van der Waals surface area contributed by atoms with Crippen molar-refractivity contribution in [3.8, 4) is 0 Å². The van der Waals surface area contributed by atoms with Gasteiger partial charge in [0.25, 0.3) is 11.8 Å². The van der Waals surface area contributed by atoms with Gasteiger partial charge in [-0.1, -0.05) is 57.6 Å². The smallest absolute Gasteiger partial charge is 0.272 e. The van der Waals surface area contributed by atoms with Gasteiger partial charge in [-0.2, -0.15) is 0 Å². The Labute approximate surface area is 236 Å². The van der Waals surface area contributed by atoms with Crippen LogP contribution in [0.5, 0.6) is 0 Å². The summed E-state index contributed by atoms with van der Waals surface area (Å²) >= 11 is 6.10. The summed E-state index contributed by atoms with van der Waals surface area (Å²) < 4.78 is 0.848. The lowest BCUT2D eigenvalue weighted by atomic mass is 10.1. The summed E-state index contributed by atoms with van der Waals surface area (Å²) in [5.74, 6) is -0.841. The molecule has 0 radical (unpaired) electrons. The van der Waals surface area contributed by atoms with E-state index in [1.165, 1.54) is 23.1 Å². The first-order valence-electron chi connectivity index (χ1n) is 11.3. The number of amides is 3. The number of aryl methyl sites for hydroxylation is 1. The summed E-state index contributed by atoms with van der Waals surface area (Å²) in [7, 11) is 0. The van der Waals surface area contributed by atoms with Gasteiger partial charge in [0.2, 0.25) is 11.0 Å². The van der Waals surface area contributed by atoms with Crippen molar-refractivity contribution in [2.24, 2.45) is 0 Å². The van der Waals surface area contributed by atoms with Gasteiger partial charge in [0, 0.05) is 20.6 Å². The van der Waals surface area contributed by atoms with Crippen LogP contribution >= 0.6 is 39.0 Å². The Balaban J connectivity index is 1.41. The molecule has 0 unspecified atom stereocenters. The zero-order valence-electron chi connectivity index (χ0n) is 20.1. The van der Waals surface area contributed by atoms with Crippen LogP contribution in [0, 0.1) is 6.92 Å². The second-order valence-corrected chi connectivity index (χ2v) is 11.0. The maximum absolute atomic E-state index is 13.2. The molecule has 4 rings (SSSR count). The number of carbonyl (C=O) groups is 3. The highest BCUT2D eigenvalue weighted by molar-refractivity contribution is 9.10. The average molecular weight is 609 g/mol. The van der Waals surface area contributed by atoms with E-state index in [2.05, 4.69) is 42.1 Å². The molecule has 0 aliphatic rings. The van der Waals surface area contributed by atoms with E-state index in [0.29, 0.717) is 16.4 Å². The zero-order valence-corrected chi connectivity index (χ0v) is 23.3. The third-order valence-electron chi connectivity index (χ3n) is 4.94. The van der Waals surface area contributed by atoms with Crippen LogP contribution in [0.1, 0.15) is 20.9 Å². The first kappa shape index (κ1) is 27.2. The Bertz CT molecular complexity index is 1470. The summed E-state index contributed by atoms with van der Waals surface area (Å²) in [6, 6.07) is 23.2. The fourth-order valence-electron chi connectivity index (χ4n) is 3.19. The van der Waals surface area contributed by atoms with Crippen molar-refractivity contribution in [2.45, 2.75) is 11.8 Å². The van der Waals surface area contributed by atoms with E-state index in [1.54, 1.807) is 42.5 Å². The molecule has 0 bridgehead atoms. The molecule has 0 aliphatic heterocycles. The van der Waals surface area contributed by atoms with Gasteiger partial charge < -0.3 is 10.6 Å². The number of carbonyl (C=O) groups excluding carboxylic acids is 3. The quantitative estimate of drug-likeness (QED) is 0.165. The molecule has 4 aromatic rings. The minimum atomic E-state index is -0.471. The third kappa shape index (κ3) is 8.10. The maximum atomic E-state index is 13.2. The molecule has 8 nitrogen and oxygen atoms in total. The standard InChI is InChI=1S/C27H22BrN5O3S2/c1-17-32-33-27(38-17)31-24(34)16-37-22-12-10-21(11-13-22)29-26(36)23(15-18-6-5-9-20(28)14-18)30-25(35)19-7-3-2-4-8-19/h2-15H,16H2,1H3,(H,29,36)(H,30,35)(H,31,33,34)/b23-15-. The number of nitrogens with one attached hydrogen (secondary N) is 3. The lowest BCUT2D eigenvalue weighted by Gasteiger charge is -2.12. The van der Waals surface area contributed by atoms with Crippen LogP contribution in [0.2, 0.25) is 0 Å². The van der Waals surface area contributed by atoms with Crippen LogP contribution < -0.4 is 16.0 Å². The molecule has 192 valence electrons. The van der Waals surface area contributed by atoms with E-state index in [0.717, 1.165) is 19.9 Å². The Morgan fingerprint density at radius 2 is 1.71 bits per heavy atom. The molecule has 3 aromatic carbocycles.